The van der Waals surface area contributed by atoms with E-state index in [1.54, 1.807) is 16.5 Å². The number of unbranched alkanes of at least 4 members (excludes halogenated alkanes) is 1. The quantitative estimate of drug-likeness (QED) is 0.120. The van der Waals surface area contributed by atoms with Gasteiger partial charge in [0, 0.05) is 36.1 Å². The normalized spacial score (nSPS) is 15.8. The average Bonchev–Trinajstić information content (AvgIpc) is 3.57. The lowest BCUT2D eigenvalue weighted by atomic mass is 10.1. The number of amides is 1. The third-order valence-electron chi connectivity index (χ3n) is 9.49. The largest absolute Gasteiger partial charge is 0.451 e. The highest BCUT2D eigenvalue weighted by Gasteiger charge is 2.25. The topological polar surface area (TPSA) is 99.3 Å². The van der Waals surface area contributed by atoms with Gasteiger partial charge in [0.1, 0.15) is 16.8 Å². The maximum Gasteiger partial charge on any atom is 0.256 e. The van der Waals surface area contributed by atoms with E-state index in [-0.39, 0.29) is 27.6 Å². The highest BCUT2D eigenvalue weighted by molar-refractivity contribution is 6.15. The number of rotatable bonds is 10. The van der Waals surface area contributed by atoms with Crippen LogP contribution in [0.5, 0.6) is 0 Å². The third kappa shape index (κ3) is 5.15. The average molecular weight is 624 g/mol. The van der Waals surface area contributed by atoms with Crippen LogP contribution in [0.3, 0.4) is 0 Å². The van der Waals surface area contributed by atoms with E-state index in [1.165, 1.54) is 12.3 Å². The molecule has 1 aliphatic rings. The van der Waals surface area contributed by atoms with Gasteiger partial charge in [-0.05, 0) is 95.3 Å². The molecule has 0 spiro atoms. The van der Waals surface area contributed by atoms with E-state index in [0.717, 1.165) is 56.0 Å². The zero-order valence-corrected chi connectivity index (χ0v) is 26.4. The summed E-state index contributed by atoms with van der Waals surface area (Å²) in [5.74, 6) is -1.15. The summed E-state index contributed by atoms with van der Waals surface area (Å²) in [4.78, 5) is 45.1. The van der Waals surface area contributed by atoms with Gasteiger partial charge in [-0.15, -0.1) is 0 Å². The molecule has 46 heavy (non-hydrogen) atoms. The minimum atomic E-state index is -0.645. The lowest BCUT2D eigenvalue weighted by Gasteiger charge is -2.19. The Labute approximate surface area is 264 Å². The van der Waals surface area contributed by atoms with Crippen molar-refractivity contribution in [1.82, 2.24) is 19.5 Å². The molecule has 1 fully saturated rings. The predicted octanol–water partition coefficient (Wildman–Crippen LogP) is 5.41. The fourth-order valence-corrected chi connectivity index (χ4v) is 7.02. The molecule has 0 saturated carbocycles. The summed E-state index contributed by atoms with van der Waals surface area (Å²) in [6.45, 7) is 2.87. The van der Waals surface area contributed by atoms with E-state index in [4.69, 9.17) is 4.42 Å². The van der Waals surface area contributed by atoms with Gasteiger partial charge >= 0.3 is 0 Å². The molecule has 1 amide bonds. The van der Waals surface area contributed by atoms with Crippen LogP contribution in [0.1, 0.15) is 42.5 Å². The second kappa shape index (κ2) is 12.0. The third-order valence-corrected chi connectivity index (χ3v) is 9.49. The number of halogens is 1. The van der Waals surface area contributed by atoms with Crippen LogP contribution in [-0.4, -0.2) is 73.5 Å². The first-order valence-electron chi connectivity index (χ1n) is 16.0. The monoisotopic (exact) mass is 623 g/mol. The lowest BCUT2D eigenvalue weighted by molar-refractivity contribution is 0.0949. The Bertz CT molecular complexity index is 2240. The van der Waals surface area contributed by atoms with Gasteiger partial charge in [-0.1, -0.05) is 24.3 Å². The molecule has 7 rings (SSSR count). The Hall–Kier alpha value is -4.54. The molecule has 6 aromatic rings. The number of nitrogens with one attached hydrogen (secondary N) is 2. The van der Waals surface area contributed by atoms with Crippen molar-refractivity contribution >= 4 is 60.7 Å². The van der Waals surface area contributed by atoms with E-state index in [9.17, 15) is 14.4 Å². The summed E-state index contributed by atoms with van der Waals surface area (Å²) >= 11 is 0. The van der Waals surface area contributed by atoms with Crippen LogP contribution in [0.2, 0.25) is 0 Å². The van der Waals surface area contributed by atoms with Crippen LogP contribution in [0.25, 0.3) is 49.1 Å². The number of carbonyl (C=O) groups is 1. The first-order chi connectivity index (χ1) is 22.2. The smallest absolute Gasteiger partial charge is 0.256 e. The van der Waals surface area contributed by atoms with Gasteiger partial charge in [0.25, 0.3) is 5.91 Å². The molecule has 9 nitrogen and oxygen atoms in total. The summed E-state index contributed by atoms with van der Waals surface area (Å²) < 4.78 is 24.0. The van der Waals surface area contributed by atoms with Crippen LogP contribution in [0.15, 0.2) is 62.7 Å². The van der Waals surface area contributed by atoms with Gasteiger partial charge in [0.05, 0.1) is 10.9 Å². The van der Waals surface area contributed by atoms with Crippen molar-refractivity contribution in [2.75, 3.05) is 52.6 Å². The summed E-state index contributed by atoms with van der Waals surface area (Å²) in [5.41, 5.74) is 0.825. The Morgan fingerprint density at radius 2 is 1.80 bits per heavy atom. The van der Waals surface area contributed by atoms with E-state index in [1.807, 2.05) is 38.4 Å². The molecule has 0 aliphatic carbocycles. The van der Waals surface area contributed by atoms with Crippen molar-refractivity contribution in [1.29, 1.82) is 0 Å². The number of fused-ring (bicyclic) bond motifs is 5. The molecule has 2 N–H and O–H groups in total. The Morgan fingerprint density at radius 3 is 2.57 bits per heavy atom. The number of carbonyl (C=O) groups excluding carboxylic acids is 1. The highest BCUT2D eigenvalue weighted by Crippen LogP contribution is 2.36. The first-order valence-corrected chi connectivity index (χ1v) is 16.0. The molecule has 10 heteroatoms. The second-order valence-electron chi connectivity index (χ2n) is 12.8. The standard InChI is InChI=1S/C36H38FN5O4/c1-40(2)15-7-6-13-38-31-28(37)17-26-32-35(31)46-30-19-25-24(22-10-4-5-11-23(22)33(25)43)18-29(30)42(32)20-27(34(26)44)36(45)39-14-12-21-9-8-16-41(21)3/h4-5,10-11,17-21,38H,6-9,12-16H2,1-3H3,(H,39,45). The van der Waals surface area contributed by atoms with E-state index < -0.39 is 17.2 Å². The van der Waals surface area contributed by atoms with Gasteiger partial charge in [0.15, 0.2) is 22.4 Å². The first kappa shape index (κ1) is 30.1. The van der Waals surface area contributed by atoms with Crippen molar-refractivity contribution in [3.05, 3.63) is 80.5 Å². The van der Waals surface area contributed by atoms with Gasteiger partial charge in [-0.3, -0.25) is 14.4 Å². The SMILES string of the molecule is CN(C)CCCCNc1c(F)cc2c(=O)c(C(=O)NCCC3CCCN3C)cn3c4cc5c(cc4oc1c23)c(=O)c1ccccc15. The number of pyridine rings is 1. The van der Waals surface area contributed by atoms with Crippen LogP contribution < -0.4 is 21.5 Å². The molecule has 1 saturated heterocycles. The van der Waals surface area contributed by atoms with Gasteiger partial charge in [-0.25, -0.2) is 4.39 Å². The number of likely N-dealkylation sites (tertiary alicyclic amines) is 1. The molecular formula is C36H38FN5O4. The lowest BCUT2D eigenvalue weighted by Crippen LogP contribution is -2.34. The Kier molecular flexibility index (Phi) is 7.86. The van der Waals surface area contributed by atoms with E-state index in [0.29, 0.717) is 46.5 Å². The van der Waals surface area contributed by atoms with Crippen LogP contribution in [0.4, 0.5) is 10.1 Å². The zero-order chi connectivity index (χ0) is 32.1. The summed E-state index contributed by atoms with van der Waals surface area (Å²) in [7, 11) is 6.10. The fraction of sp³-hybridized carbons (Fsp3) is 0.361. The maximum absolute atomic E-state index is 15.9. The molecule has 1 atom stereocenters. The number of hydrogen-bond acceptors (Lipinski definition) is 7. The number of nitrogens with zero attached hydrogens (tertiary/aromatic N) is 3. The molecule has 4 aromatic carbocycles. The van der Waals surface area contributed by atoms with Crippen LogP contribution >= 0.6 is 0 Å². The number of hydrogen-bond donors (Lipinski definition) is 2. The van der Waals surface area contributed by atoms with Crippen molar-refractivity contribution in [2.45, 2.75) is 38.1 Å². The summed E-state index contributed by atoms with van der Waals surface area (Å²) in [6.07, 6.45) is 6.24. The molecule has 2 aromatic heterocycles. The van der Waals surface area contributed by atoms with Crippen LogP contribution in [-0.2, 0) is 0 Å². The molecule has 238 valence electrons. The molecule has 0 bridgehead atoms. The van der Waals surface area contributed by atoms with Crippen LogP contribution in [0, 0.1) is 5.82 Å². The van der Waals surface area contributed by atoms with Crippen molar-refractivity contribution in [2.24, 2.45) is 0 Å². The second-order valence-corrected chi connectivity index (χ2v) is 12.8. The minimum absolute atomic E-state index is 0.0523. The molecule has 1 unspecified atom stereocenters. The maximum atomic E-state index is 15.9. The predicted molar refractivity (Wildman–Crippen MR) is 182 cm³/mol. The van der Waals surface area contributed by atoms with Gasteiger partial charge in [0.2, 0.25) is 5.43 Å². The summed E-state index contributed by atoms with van der Waals surface area (Å²) in [5, 5.41) is 8.82. The Balaban J connectivity index is 1.39. The van der Waals surface area contributed by atoms with Gasteiger partial charge < -0.3 is 29.3 Å². The van der Waals surface area contributed by atoms with Gasteiger partial charge in [-0.2, -0.15) is 0 Å². The fourth-order valence-electron chi connectivity index (χ4n) is 7.02. The molecule has 1 aliphatic heterocycles. The Morgan fingerprint density at radius 1 is 1.00 bits per heavy atom. The van der Waals surface area contributed by atoms with Crippen molar-refractivity contribution < 1.29 is 13.6 Å². The molecule has 0 radical (unpaired) electrons. The van der Waals surface area contributed by atoms with E-state index >= 15 is 4.39 Å². The number of benzene rings is 3. The van der Waals surface area contributed by atoms with Crippen molar-refractivity contribution in [3.8, 4) is 0 Å². The zero-order valence-electron chi connectivity index (χ0n) is 26.4. The van der Waals surface area contributed by atoms with Crippen molar-refractivity contribution in [3.63, 3.8) is 0 Å². The highest BCUT2D eigenvalue weighted by atomic mass is 19.1. The van der Waals surface area contributed by atoms with E-state index in [2.05, 4.69) is 27.5 Å². The molecular weight excluding hydrogens is 585 g/mol. The molecule has 3 heterocycles. The number of aromatic nitrogens is 1. The summed E-state index contributed by atoms with van der Waals surface area (Å²) in [6, 6.07) is 12.5. The minimum Gasteiger partial charge on any atom is -0.451 e. The number of anilines is 1.